The fourth-order valence-electron chi connectivity index (χ4n) is 3.12. The fraction of sp³-hybridized carbons (Fsp3) is 0.375. The third-order valence-corrected chi connectivity index (χ3v) is 4.77. The molecule has 3 amide bonds. The van der Waals surface area contributed by atoms with Gasteiger partial charge >= 0.3 is 5.97 Å². The highest BCUT2D eigenvalue weighted by atomic mass is 79.9. The minimum Gasteiger partial charge on any atom is -0.484 e. The summed E-state index contributed by atoms with van der Waals surface area (Å²) in [6.45, 7) is -0.218. The molecule has 3 atom stereocenters. The van der Waals surface area contributed by atoms with Crippen molar-refractivity contribution in [2.24, 2.45) is 0 Å². The molecule has 0 aliphatic carbocycles. The number of halogens is 1. The topological polar surface area (TPSA) is 116 Å². The van der Waals surface area contributed by atoms with Crippen molar-refractivity contribution in [1.29, 1.82) is 0 Å². The monoisotopic (exact) mass is 425 g/mol. The molecule has 2 unspecified atom stereocenters. The molecule has 1 aromatic carbocycles. The third-order valence-electron chi connectivity index (χ3n) is 4.29. The van der Waals surface area contributed by atoms with E-state index in [9.17, 15) is 24.3 Å². The second-order valence-corrected chi connectivity index (χ2v) is 6.41. The maximum Gasteiger partial charge on any atom is 0.347 e. The van der Waals surface area contributed by atoms with E-state index in [1.165, 1.54) is 0 Å². The molecule has 9 nitrogen and oxygen atoms in total. The standard InChI is InChI=1S/C16H16BrN3O6/c17-6-12(22)19-7-10-13(15(23)20(10)14(19)16(24)25)18-11(21)8-26-9-4-2-1-3-5-9/h1-5,10,13-14H,6-8H2,(H,18,21)(H,24,25)/t10?,13-,14?/m1/s1. The summed E-state index contributed by atoms with van der Waals surface area (Å²) < 4.78 is 5.32. The maximum atomic E-state index is 12.3. The van der Waals surface area contributed by atoms with E-state index in [2.05, 4.69) is 21.2 Å². The van der Waals surface area contributed by atoms with Gasteiger partial charge in [0.2, 0.25) is 18.0 Å². The lowest BCUT2D eigenvalue weighted by Gasteiger charge is -2.43. The van der Waals surface area contributed by atoms with Gasteiger partial charge in [0.25, 0.3) is 5.91 Å². The zero-order valence-corrected chi connectivity index (χ0v) is 15.1. The quantitative estimate of drug-likeness (QED) is 0.464. The summed E-state index contributed by atoms with van der Waals surface area (Å²) >= 11 is 3.00. The first-order valence-electron chi connectivity index (χ1n) is 7.81. The summed E-state index contributed by atoms with van der Waals surface area (Å²) in [5, 5.41) is 11.8. The van der Waals surface area contributed by atoms with Crippen LogP contribution in [0.25, 0.3) is 0 Å². The number of carbonyl (C=O) groups excluding carboxylic acids is 3. The normalized spacial score (nSPS) is 23.9. The molecule has 0 aromatic heterocycles. The number of nitrogens with one attached hydrogen (secondary N) is 1. The summed E-state index contributed by atoms with van der Waals surface area (Å²) in [5.41, 5.74) is 0. The number of aliphatic carboxylic acids is 1. The number of amides is 3. The van der Waals surface area contributed by atoms with Crippen LogP contribution in [0.15, 0.2) is 30.3 Å². The van der Waals surface area contributed by atoms with Crippen LogP contribution in [0.5, 0.6) is 5.75 Å². The summed E-state index contributed by atoms with van der Waals surface area (Å²) in [5.74, 6) is -2.22. The number of alkyl halides is 1. The number of benzene rings is 1. The van der Waals surface area contributed by atoms with Crippen molar-refractivity contribution in [1.82, 2.24) is 15.1 Å². The first-order chi connectivity index (χ1) is 12.4. The Kier molecular flexibility index (Phi) is 5.12. The largest absolute Gasteiger partial charge is 0.484 e. The van der Waals surface area contributed by atoms with Crippen LogP contribution in [-0.4, -0.2) is 75.3 Å². The van der Waals surface area contributed by atoms with Crippen LogP contribution in [0.3, 0.4) is 0 Å². The summed E-state index contributed by atoms with van der Waals surface area (Å²) in [4.78, 5) is 49.9. The molecule has 2 aliphatic heterocycles. The lowest BCUT2D eigenvalue weighted by molar-refractivity contribution is -0.165. The minimum atomic E-state index is -1.34. The Hall–Kier alpha value is -2.62. The molecule has 2 N–H and O–H groups in total. The van der Waals surface area contributed by atoms with Gasteiger partial charge in [0.05, 0.1) is 11.4 Å². The van der Waals surface area contributed by atoms with Gasteiger partial charge in [-0.3, -0.25) is 14.4 Å². The van der Waals surface area contributed by atoms with E-state index < -0.39 is 41.9 Å². The minimum absolute atomic E-state index is 0.0481. The van der Waals surface area contributed by atoms with Crippen molar-refractivity contribution >= 4 is 39.6 Å². The van der Waals surface area contributed by atoms with Gasteiger partial charge in [0, 0.05) is 6.54 Å². The molecular formula is C16H16BrN3O6. The summed E-state index contributed by atoms with van der Waals surface area (Å²) in [7, 11) is 0. The Morgan fingerprint density at radius 1 is 1.27 bits per heavy atom. The van der Waals surface area contributed by atoms with Gasteiger partial charge in [-0.15, -0.1) is 0 Å². The number of carbonyl (C=O) groups is 4. The molecule has 0 radical (unpaired) electrons. The highest BCUT2D eigenvalue weighted by Gasteiger charge is 2.60. The van der Waals surface area contributed by atoms with Gasteiger partial charge in [-0.1, -0.05) is 34.1 Å². The number of carboxylic acids is 1. The number of ether oxygens (including phenoxy) is 1. The second-order valence-electron chi connectivity index (χ2n) is 5.85. The molecule has 138 valence electrons. The highest BCUT2D eigenvalue weighted by molar-refractivity contribution is 9.09. The zero-order valence-electron chi connectivity index (χ0n) is 13.5. The number of hydrogen-bond acceptors (Lipinski definition) is 5. The van der Waals surface area contributed by atoms with E-state index in [0.29, 0.717) is 5.75 Å². The van der Waals surface area contributed by atoms with Crippen LogP contribution in [-0.2, 0) is 19.2 Å². The van der Waals surface area contributed by atoms with Gasteiger partial charge < -0.3 is 25.0 Å². The van der Waals surface area contributed by atoms with Crippen LogP contribution < -0.4 is 10.1 Å². The molecule has 1 aromatic rings. The Morgan fingerprint density at radius 2 is 1.96 bits per heavy atom. The lowest BCUT2D eigenvalue weighted by Crippen LogP contribution is -2.71. The third kappa shape index (κ3) is 3.24. The van der Waals surface area contributed by atoms with Crippen LogP contribution in [0.1, 0.15) is 0 Å². The van der Waals surface area contributed by atoms with Crippen molar-refractivity contribution in [3.05, 3.63) is 30.3 Å². The molecule has 2 heterocycles. The molecule has 2 fully saturated rings. The van der Waals surface area contributed by atoms with E-state index in [4.69, 9.17) is 4.74 Å². The summed E-state index contributed by atoms with van der Waals surface area (Å²) in [6.07, 6.45) is -1.34. The molecule has 0 saturated carbocycles. The van der Waals surface area contributed by atoms with Crippen molar-refractivity contribution in [3.63, 3.8) is 0 Å². The molecule has 26 heavy (non-hydrogen) atoms. The Balaban J connectivity index is 1.61. The number of carboxylic acid groups (broad SMARTS) is 1. The van der Waals surface area contributed by atoms with Crippen molar-refractivity contribution in [3.8, 4) is 5.75 Å². The predicted molar refractivity (Wildman–Crippen MR) is 91.4 cm³/mol. The highest BCUT2D eigenvalue weighted by Crippen LogP contribution is 2.32. The fourth-order valence-corrected chi connectivity index (χ4v) is 3.44. The molecule has 10 heteroatoms. The van der Waals surface area contributed by atoms with Gasteiger partial charge in [0.15, 0.2) is 6.61 Å². The van der Waals surface area contributed by atoms with E-state index in [1.807, 2.05) is 6.07 Å². The lowest BCUT2D eigenvalue weighted by atomic mass is 9.96. The second kappa shape index (κ2) is 7.32. The van der Waals surface area contributed by atoms with Gasteiger partial charge in [-0.05, 0) is 12.1 Å². The van der Waals surface area contributed by atoms with Gasteiger partial charge in [-0.25, -0.2) is 4.79 Å². The van der Waals surface area contributed by atoms with Gasteiger partial charge in [0.1, 0.15) is 11.8 Å². The molecule has 2 aliphatic rings. The van der Waals surface area contributed by atoms with E-state index in [-0.39, 0.29) is 18.5 Å². The van der Waals surface area contributed by atoms with E-state index in [1.54, 1.807) is 24.3 Å². The van der Waals surface area contributed by atoms with Crippen LogP contribution in [0.4, 0.5) is 0 Å². The average molecular weight is 426 g/mol. The number of β-lactam (4-membered cyclic amide) rings is 1. The smallest absolute Gasteiger partial charge is 0.347 e. The van der Waals surface area contributed by atoms with Crippen molar-refractivity contribution < 1.29 is 29.0 Å². The number of hydrogen-bond donors (Lipinski definition) is 2. The van der Waals surface area contributed by atoms with E-state index >= 15 is 0 Å². The number of rotatable bonds is 6. The summed E-state index contributed by atoms with van der Waals surface area (Å²) in [6, 6.07) is 7.31. The number of nitrogens with zero attached hydrogens (tertiary/aromatic N) is 2. The first kappa shape index (κ1) is 18.2. The SMILES string of the molecule is O=C(COc1ccccc1)N[C@H]1C(=O)N2C1CN(C(=O)CBr)C2C(=O)O. The molecule has 2 saturated heterocycles. The zero-order chi connectivity index (χ0) is 18.8. The molecule has 3 rings (SSSR count). The van der Waals surface area contributed by atoms with Crippen LogP contribution in [0.2, 0.25) is 0 Å². The Labute approximate surface area is 157 Å². The Morgan fingerprint density at radius 3 is 2.58 bits per heavy atom. The number of para-hydroxylation sites is 1. The Bertz CT molecular complexity index is 743. The van der Waals surface area contributed by atoms with Crippen molar-refractivity contribution in [2.45, 2.75) is 18.2 Å². The predicted octanol–water partition coefficient (Wildman–Crippen LogP) is -0.591. The van der Waals surface area contributed by atoms with Crippen LogP contribution in [0, 0.1) is 0 Å². The van der Waals surface area contributed by atoms with Crippen molar-refractivity contribution in [2.75, 3.05) is 18.5 Å². The average Bonchev–Trinajstić information content (AvgIpc) is 3.01. The number of fused-ring (bicyclic) bond motifs is 1. The molecule has 0 bridgehead atoms. The van der Waals surface area contributed by atoms with E-state index in [0.717, 1.165) is 9.80 Å². The van der Waals surface area contributed by atoms with Crippen LogP contribution >= 0.6 is 15.9 Å². The maximum absolute atomic E-state index is 12.3. The van der Waals surface area contributed by atoms with Gasteiger partial charge in [-0.2, -0.15) is 0 Å². The molecule has 0 spiro atoms. The first-order valence-corrected chi connectivity index (χ1v) is 8.94. The molecular weight excluding hydrogens is 410 g/mol.